The van der Waals surface area contributed by atoms with E-state index < -0.39 is 5.97 Å². The van der Waals surface area contributed by atoms with Crippen molar-refractivity contribution in [2.24, 2.45) is 5.92 Å². The topological polar surface area (TPSA) is 83.4 Å². The smallest absolute Gasteiger partial charge is 0.356 e. The number of carboxylic acids is 1. The minimum absolute atomic E-state index is 0.157. The van der Waals surface area contributed by atoms with Crippen LogP contribution in [0.3, 0.4) is 0 Å². The zero-order valence-corrected chi connectivity index (χ0v) is 10.9. The summed E-state index contributed by atoms with van der Waals surface area (Å²) < 4.78 is 0. The molecule has 0 spiro atoms. The van der Waals surface area contributed by atoms with E-state index in [0.29, 0.717) is 5.92 Å². The van der Waals surface area contributed by atoms with Crippen molar-refractivity contribution in [3.8, 4) is 0 Å². The van der Waals surface area contributed by atoms with Crippen molar-refractivity contribution in [2.45, 2.75) is 25.7 Å². The number of hydrogen-bond acceptors (Lipinski definition) is 4. The van der Waals surface area contributed by atoms with Crippen LogP contribution in [-0.2, 0) is 0 Å². The minimum atomic E-state index is -1.15. The van der Waals surface area contributed by atoms with Gasteiger partial charge in [-0.15, -0.1) is 0 Å². The quantitative estimate of drug-likeness (QED) is 0.888. The first kappa shape index (κ1) is 13.5. The first-order valence-corrected chi connectivity index (χ1v) is 6.38. The van der Waals surface area contributed by atoms with Gasteiger partial charge in [0.15, 0.2) is 5.69 Å². The van der Waals surface area contributed by atoms with Gasteiger partial charge in [0.1, 0.15) is 5.69 Å². The van der Waals surface area contributed by atoms with Crippen LogP contribution in [0.15, 0.2) is 12.4 Å². The monoisotopic (exact) mass is 263 g/mol. The number of aromatic carboxylic acids is 1. The average Bonchev–Trinajstić information content (AvgIpc) is 2.90. The van der Waals surface area contributed by atoms with E-state index in [0.717, 1.165) is 12.7 Å². The summed E-state index contributed by atoms with van der Waals surface area (Å²) in [6.45, 7) is 0.723. The SMILES string of the molecule is CN(CC1CCCC1)C(=O)c1cnc(C(=O)O)cn1. The maximum atomic E-state index is 12.1. The average molecular weight is 263 g/mol. The molecule has 6 heteroatoms. The highest BCUT2D eigenvalue weighted by Gasteiger charge is 2.21. The fourth-order valence-electron chi connectivity index (χ4n) is 2.41. The van der Waals surface area contributed by atoms with Crippen LogP contribution in [0.25, 0.3) is 0 Å². The molecule has 1 fully saturated rings. The Labute approximate surface area is 111 Å². The van der Waals surface area contributed by atoms with Crippen molar-refractivity contribution in [3.63, 3.8) is 0 Å². The van der Waals surface area contributed by atoms with E-state index in [1.54, 1.807) is 11.9 Å². The summed E-state index contributed by atoms with van der Waals surface area (Å²) in [7, 11) is 1.74. The molecule has 0 bridgehead atoms. The lowest BCUT2D eigenvalue weighted by Gasteiger charge is -2.20. The van der Waals surface area contributed by atoms with E-state index >= 15 is 0 Å². The lowest BCUT2D eigenvalue weighted by atomic mass is 10.1. The van der Waals surface area contributed by atoms with E-state index in [9.17, 15) is 9.59 Å². The first-order chi connectivity index (χ1) is 9.08. The van der Waals surface area contributed by atoms with E-state index in [2.05, 4.69) is 9.97 Å². The molecule has 1 aromatic rings. The molecule has 1 aromatic heterocycles. The maximum absolute atomic E-state index is 12.1. The van der Waals surface area contributed by atoms with E-state index in [1.807, 2.05) is 0 Å². The Morgan fingerprint density at radius 1 is 1.26 bits per heavy atom. The molecule has 2 rings (SSSR count). The van der Waals surface area contributed by atoms with E-state index in [4.69, 9.17) is 5.11 Å². The zero-order valence-electron chi connectivity index (χ0n) is 10.9. The molecule has 1 amide bonds. The molecule has 19 heavy (non-hydrogen) atoms. The second-order valence-corrected chi connectivity index (χ2v) is 4.93. The van der Waals surface area contributed by atoms with Gasteiger partial charge >= 0.3 is 5.97 Å². The van der Waals surface area contributed by atoms with Crippen molar-refractivity contribution < 1.29 is 14.7 Å². The molecule has 1 saturated carbocycles. The van der Waals surface area contributed by atoms with Gasteiger partial charge in [-0.25, -0.2) is 14.8 Å². The molecule has 1 N–H and O–H groups in total. The van der Waals surface area contributed by atoms with E-state index in [-0.39, 0.29) is 17.3 Å². The van der Waals surface area contributed by atoms with Crippen molar-refractivity contribution >= 4 is 11.9 Å². The summed E-state index contributed by atoms with van der Waals surface area (Å²) in [5.74, 6) is -0.789. The Bertz CT molecular complexity index is 467. The molecule has 0 radical (unpaired) electrons. The molecule has 0 unspecified atom stereocenters. The van der Waals surface area contributed by atoms with Gasteiger partial charge in [0.25, 0.3) is 5.91 Å². The fourth-order valence-corrected chi connectivity index (χ4v) is 2.41. The summed E-state index contributed by atoms with van der Waals surface area (Å²) in [4.78, 5) is 31.9. The van der Waals surface area contributed by atoms with Crippen LogP contribution in [0.2, 0.25) is 0 Å². The predicted molar refractivity (Wildman–Crippen MR) is 67.9 cm³/mol. The van der Waals surface area contributed by atoms with Crippen molar-refractivity contribution in [1.82, 2.24) is 14.9 Å². The van der Waals surface area contributed by atoms with Gasteiger partial charge in [-0.1, -0.05) is 12.8 Å². The number of aromatic nitrogens is 2. The number of carboxylic acid groups (broad SMARTS) is 1. The molecular weight excluding hydrogens is 246 g/mol. The lowest BCUT2D eigenvalue weighted by Crippen LogP contribution is -2.31. The third-order valence-corrected chi connectivity index (χ3v) is 3.44. The molecule has 0 aliphatic heterocycles. The Morgan fingerprint density at radius 3 is 2.37 bits per heavy atom. The van der Waals surface area contributed by atoms with Gasteiger partial charge < -0.3 is 10.0 Å². The molecule has 6 nitrogen and oxygen atoms in total. The van der Waals surface area contributed by atoms with Gasteiger partial charge in [-0.2, -0.15) is 0 Å². The van der Waals surface area contributed by atoms with Crippen LogP contribution in [0.4, 0.5) is 0 Å². The second-order valence-electron chi connectivity index (χ2n) is 4.93. The van der Waals surface area contributed by atoms with Gasteiger partial charge in [0.05, 0.1) is 12.4 Å². The largest absolute Gasteiger partial charge is 0.476 e. The molecule has 1 aliphatic carbocycles. The van der Waals surface area contributed by atoms with Crippen LogP contribution in [0.5, 0.6) is 0 Å². The number of hydrogen-bond donors (Lipinski definition) is 1. The Kier molecular flexibility index (Phi) is 4.09. The van der Waals surface area contributed by atoms with Gasteiger partial charge in [-0.05, 0) is 18.8 Å². The number of carbonyl (C=O) groups is 2. The number of rotatable bonds is 4. The summed E-state index contributed by atoms with van der Waals surface area (Å²) in [6.07, 6.45) is 7.14. The normalized spacial score (nSPS) is 15.4. The van der Waals surface area contributed by atoms with Crippen molar-refractivity contribution in [2.75, 3.05) is 13.6 Å². The number of amides is 1. The Balaban J connectivity index is 1.99. The number of carbonyl (C=O) groups excluding carboxylic acids is 1. The fraction of sp³-hybridized carbons (Fsp3) is 0.538. The lowest BCUT2D eigenvalue weighted by molar-refractivity contribution is 0.0686. The first-order valence-electron chi connectivity index (χ1n) is 6.38. The Morgan fingerprint density at radius 2 is 1.84 bits per heavy atom. The van der Waals surface area contributed by atoms with Crippen LogP contribution in [0, 0.1) is 5.92 Å². The minimum Gasteiger partial charge on any atom is -0.476 e. The van der Waals surface area contributed by atoms with Crippen LogP contribution >= 0.6 is 0 Å². The number of nitrogens with zero attached hydrogens (tertiary/aromatic N) is 3. The summed E-state index contributed by atoms with van der Waals surface area (Å²) in [5.41, 5.74) is 0.0282. The summed E-state index contributed by atoms with van der Waals surface area (Å²) >= 11 is 0. The van der Waals surface area contributed by atoms with E-state index in [1.165, 1.54) is 31.9 Å². The highest BCUT2D eigenvalue weighted by molar-refractivity contribution is 5.92. The molecular formula is C13H17N3O3. The van der Waals surface area contributed by atoms with Crippen LogP contribution in [-0.4, -0.2) is 45.4 Å². The molecule has 102 valence electrons. The predicted octanol–water partition coefficient (Wildman–Crippen LogP) is 1.44. The standard InChI is InChI=1S/C13H17N3O3/c1-16(8-9-4-2-3-5-9)12(17)10-6-15-11(7-14-10)13(18)19/h6-7,9H,2-5,8H2,1H3,(H,18,19). The van der Waals surface area contributed by atoms with Crippen LogP contribution < -0.4 is 0 Å². The molecule has 0 atom stereocenters. The summed E-state index contributed by atoms with van der Waals surface area (Å²) in [5, 5.41) is 8.72. The molecule has 1 aliphatic rings. The third kappa shape index (κ3) is 3.27. The molecule has 1 heterocycles. The van der Waals surface area contributed by atoms with Gasteiger partial charge in [0, 0.05) is 13.6 Å². The zero-order chi connectivity index (χ0) is 13.8. The molecule has 0 aromatic carbocycles. The molecule has 0 saturated heterocycles. The Hall–Kier alpha value is -1.98. The summed E-state index contributed by atoms with van der Waals surface area (Å²) in [6, 6.07) is 0. The van der Waals surface area contributed by atoms with Crippen molar-refractivity contribution in [1.29, 1.82) is 0 Å². The maximum Gasteiger partial charge on any atom is 0.356 e. The van der Waals surface area contributed by atoms with Gasteiger partial charge in [-0.3, -0.25) is 4.79 Å². The van der Waals surface area contributed by atoms with Gasteiger partial charge in [0.2, 0.25) is 0 Å². The van der Waals surface area contributed by atoms with Crippen molar-refractivity contribution in [3.05, 3.63) is 23.8 Å². The highest BCUT2D eigenvalue weighted by Crippen LogP contribution is 2.25. The highest BCUT2D eigenvalue weighted by atomic mass is 16.4. The van der Waals surface area contributed by atoms with Crippen LogP contribution in [0.1, 0.15) is 46.7 Å². The second kappa shape index (κ2) is 5.77. The third-order valence-electron chi connectivity index (χ3n) is 3.44.